The monoisotopic (exact) mass is 148 g/mol. The van der Waals surface area contributed by atoms with Gasteiger partial charge in [0.25, 0.3) is 0 Å². The van der Waals surface area contributed by atoms with Crippen LogP contribution in [0.15, 0.2) is 12.3 Å². The van der Waals surface area contributed by atoms with Crippen molar-refractivity contribution in [1.82, 2.24) is 0 Å². The third-order valence-corrected chi connectivity index (χ3v) is 0.499. The van der Waals surface area contributed by atoms with Gasteiger partial charge >= 0.3 is 0 Å². The van der Waals surface area contributed by atoms with Crippen molar-refractivity contribution in [3.63, 3.8) is 0 Å². The molecule has 62 valence electrons. The number of aliphatic hydroxyl groups is 2. The van der Waals surface area contributed by atoms with Gasteiger partial charge in [-0.05, 0) is 13.8 Å². The van der Waals surface area contributed by atoms with Gasteiger partial charge < -0.3 is 14.9 Å². The Hall–Kier alpha value is -0.540. The third kappa shape index (κ3) is 26.0. The molecule has 0 spiro atoms. The fourth-order valence-corrected chi connectivity index (χ4v) is 0.192. The van der Waals surface area contributed by atoms with Gasteiger partial charge in [-0.1, -0.05) is 6.08 Å². The summed E-state index contributed by atoms with van der Waals surface area (Å²) >= 11 is 0. The van der Waals surface area contributed by atoms with Crippen LogP contribution in [-0.4, -0.2) is 30.0 Å². The number of hydrogen-bond acceptors (Lipinski definition) is 3. The maximum Gasteiger partial charge on any atom is 0.0845 e. The molecule has 0 heterocycles. The SMILES string of the molecule is C/C=C/OCC.OCCO. The fourth-order valence-electron chi connectivity index (χ4n) is 0.192. The first-order chi connectivity index (χ1) is 4.83. The Morgan fingerprint density at radius 3 is 1.90 bits per heavy atom. The molecule has 0 bridgehead atoms. The largest absolute Gasteiger partial charge is 0.502 e. The molecule has 0 rings (SSSR count). The van der Waals surface area contributed by atoms with E-state index in [0.717, 1.165) is 6.61 Å². The van der Waals surface area contributed by atoms with Crippen molar-refractivity contribution < 1.29 is 14.9 Å². The van der Waals surface area contributed by atoms with Crippen LogP contribution in [0, 0.1) is 0 Å². The first kappa shape index (κ1) is 12.2. The van der Waals surface area contributed by atoms with Crippen molar-refractivity contribution in [2.45, 2.75) is 13.8 Å². The first-order valence-corrected chi connectivity index (χ1v) is 3.27. The van der Waals surface area contributed by atoms with Crippen LogP contribution in [0.5, 0.6) is 0 Å². The van der Waals surface area contributed by atoms with Crippen molar-refractivity contribution in [2.75, 3.05) is 19.8 Å². The minimum atomic E-state index is -0.125. The Labute approximate surface area is 61.9 Å². The molecule has 0 aromatic rings. The molecule has 2 N–H and O–H groups in total. The van der Waals surface area contributed by atoms with Crippen molar-refractivity contribution in [2.24, 2.45) is 0 Å². The highest BCUT2D eigenvalue weighted by atomic mass is 16.5. The van der Waals surface area contributed by atoms with Crippen LogP contribution < -0.4 is 0 Å². The smallest absolute Gasteiger partial charge is 0.0845 e. The van der Waals surface area contributed by atoms with E-state index in [9.17, 15) is 0 Å². The molecule has 0 radical (unpaired) electrons. The standard InChI is InChI=1S/C5H10O.C2H6O2/c1-3-5-6-4-2;3-1-2-4/h3,5H,4H2,1-2H3;3-4H,1-2H2/b5-3+;. The molecule has 0 saturated carbocycles. The second kappa shape index (κ2) is 15.8. The van der Waals surface area contributed by atoms with Crippen LogP contribution in [0.1, 0.15) is 13.8 Å². The van der Waals surface area contributed by atoms with Gasteiger partial charge in [0.2, 0.25) is 0 Å². The zero-order valence-corrected chi connectivity index (χ0v) is 6.58. The zero-order valence-electron chi connectivity index (χ0n) is 6.58. The van der Waals surface area contributed by atoms with Crippen LogP contribution in [0.25, 0.3) is 0 Å². The van der Waals surface area contributed by atoms with Crippen LogP contribution in [0.4, 0.5) is 0 Å². The number of hydrogen-bond donors (Lipinski definition) is 2. The summed E-state index contributed by atoms with van der Waals surface area (Å²) in [6.45, 7) is 4.40. The van der Waals surface area contributed by atoms with Crippen molar-refractivity contribution >= 4 is 0 Å². The molecule has 0 amide bonds. The van der Waals surface area contributed by atoms with Gasteiger partial charge in [0.05, 0.1) is 26.1 Å². The lowest BCUT2D eigenvalue weighted by molar-refractivity contribution is 0.186. The van der Waals surface area contributed by atoms with E-state index in [1.54, 1.807) is 6.26 Å². The first-order valence-electron chi connectivity index (χ1n) is 3.27. The molecule has 0 aromatic carbocycles. The molecular weight excluding hydrogens is 132 g/mol. The summed E-state index contributed by atoms with van der Waals surface area (Å²) in [4.78, 5) is 0. The lowest BCUT2D eigenvalue weighted by atomic mass is 10.7. The second-order valence-electron chi connectivity index (χ2n) is 1.37. The van der Waals surface area contributed by atoms with E-state index in [1.165, 1.54) is 0 Å². The summed E-state index contributed by atoms with van der Waals surface area (Å²) in [6, 6.07) is 0. The molecular formula is C7H16O3. The minimum Gasteiger partial charge on any atom is -0.502 e. The number of aliphatic hydroxyl groups excluding tert-OH is 2. The van der Waals surface area contributed by atoms with Crippen LogP contribution >= 0.6 is 0 Å². The highest BCUT2D eigenvalue weighted by Gasteiger charge is 1.60. The maximum absolute atomic E-state index is 7.62. The molecule has 0 saturated heterocycles. The van der Waals surface area contributed by atoms with Crippen molar-refractivity contribution in [3.05, 3.63) is 12.3 Å². The molecule has 0 aromatic heterocycles. The Bertz CT molecular complexity index is 59.9. The van der Waals surface area contributed by atoms with Crippen LogP contribution in [-0.2, 0) is 4.74 Å². The van der Waals surface area contributed by atoms with Gasteiger partial charge in [0.15, 0.2) is 0 Å². The van der Waals surface area contributed by atoms with E-state index in [0.29, 0.717) is 0 Å². The van der Waals surface area contributed by atoms with E-state index < -0.39 is 0 Å². The summed E-state index contributed by atoms with van der Waals surface area (Å²) in [6.07, 6.45) is 3.55. The predicted molar refractivity (Wildman–Crippen MR) is 40.6 cm³/mol. The topological polar surface area (TPSA) is 49.7 Å². The fraction of sp³-hybridized carbons (Fsp3) is 0.714. The minimum absolute atomic E-state index is 0.125. The van der Waals surface area contributed by atoms with E-state index in [-0.39, 0.29) is 13.2 Å². The highest BCUT2D eigenvalue weighted by molar-refractivity contribution is 4.63. The van der Waals surface area contributed by atoms with Gasteiger partial charge in [0, 0.05) is 0 Å². The van der Waals surface area contributed by atoms with Gasteiger partial charge in [-0.2, -0.15) is 0 Å². The Morgan fingerprint density at radius 2 is 1.80 bits per heavy atom. The van der Waals surface area contributed by atoms with Crippen LogP contribution in [0.2, 0.25) is 0 Å². The summed E-state index contributed by atoms with van der Waals surface area (Å²) in [5.74, 6) is 0. The van der Waals surface area contributed by atoms with Gasteiger partial charge in [0.1, 0.15) is 0 Å². The normalized spacial score (nSPS) is 8.80. The third-order valence-electron chi connectivity index (χ3n) is 0.499. The number of rotatable bonds is 3. The molecule has 3 heteroatoms. The molecule has 0 unspecified atom stereocenters. The van der Waals surface area contributed by atoms with E-state index in [1.807, 2.05) is 19.9 Å². The Kier molecular flexibility index (Phi) is 19.2. The Morgan fingerprint density at radius 1 is 1.30 bits per heavy atom. The van der Waals surface area contributed by atoms with Gasteiger partial charge in [-0.3, -0.25) is 0 Å². The maximum atomic E-state index is 7.62. The highest BCUT2D eigenvalue weighted by Crippen LogP contribution is 1.71. The van der Waals surface area contributed by atoms with Crippen LogP contribution in [0.3, 0.4) is 0 Å². The lowest BCUT2D eigenvalue weighted by Crippen LogP contribution is -1.85. The van der Waals surface area contributed by atoms with Gasteiger partial charge in [-0.25, -0.2) is 0 Å². The summed E-state index contributed by atoms with van der Waals surface area (Å²) in [7, 11) is 0. The average molecular weight is 148 g/mol. The molecule has 0 aliphatic rings. The van der Waals surface area contributed by atoms with Gasteiger partial charge in [-0.15, -0.1) is 0 Å². The molecule has 3 nitrogen and oxygen atoms in total. The Balaban J connectivity index is 0. The lowest BCUT2D eigenvalue weighted by Gasteiger charge is -1.86. The molecule has 0 atom stereocenters. The number of ether oxygens (including phenoxy) is 1. The van der Waals surface area contributed by atoms with E-state index in [2.05, 4.69) is 0 Å². The van der Waals surface area contributed by atoms with Crippen molar-refractivity contribution in [3.8, 4) is 0 Å². The molecule has 0 fully saturated rings. The quantitative estimate of drug-likeness (QED) is 0.574. The van der Waals surface area contributed by atoms with Crippen molar-refractivity contribution in [1.29, 1.82) is 0 Å². The number of allylic oxidation sites excluding steroid dienone is 1. The zero-order chi connectivity index (χ0) is 8.24. The molecule has 0 aliphatic heterocycles. The van der Waals surface area contributed by atoms with E-state index in [4.69, 9.17) is 14.9 Å². The molecule has 10 heavy (non-hydrogen) atoms. The molecule has 0 aliphatic carbocycles. The second-order valence-corrected chi connectivity index (χ2v) is 1.37. The predicted octanol–water partition coefficient (Wildman–Crippen LogP) is 0.527. The summed E-state index contributed by atoms with van der Waals surface area (Å²) in [5.41, 5.74) is 0. The summed E-state index contributed by atoms with van der Waals surface area (Å²) < 4.78 is 4.80. The van der Waals surface area contributed by atoms with E-state index >= 15 is 0 Å². The average Bonchev–Trinajstić information content (AvgIpc) is 2.01. The summed E-state index contributed by atoms with van der Waals surface area (Å²) in [5, 5.41) is 15.2.